The maximum Gasteiger partial charge on any atom is 0.0512 e. The van der Waals surface area contributed by atoms with Crippen molar-refractivity contribution in [2.24, 2.45) is 5.92 Å². The van der Waals surface area contributed by atoms with E-state index in [2.05, 4.69) is 0 Å². The van der Waals surface area contributed by atoms with Gasteiger partial charge in [-0.25, -0.2) is 0 Å². The molecule has 1 fully saturated rings. The van der Waals surface area contributed by atoms with Gasteiger partial charge in [0.15, 0.2) is 0 Å². The molecule has 0 radical (unpaired) electrons. The third-order valence-corrected chi connectivity index (χ3v) is 2.58. The summed E-state index contributed by atoms with van der Waals surface area (Å²) in [6.45, 7) is 3.75. The molecule has 0 aromatic carbocycles. The molecule has 72 valence electrons. The Morgan fingerprint density at radius 1 is 1.42 bits per heavy atom. The minimum absolute atomic E-state index is 0.121. The van der Waals surface area contributed by atoms with E-state index < -0.39 is 0 Å². The topological polar surface area (TPSA) is 29.5 Å². The van der Waals surface area contributed by atoms with E-state index in [0.717, 1.165) is 25.6 Å². The van der Waals surface area contributed by atoms with E-state index in [1.54, 1.807) is 0 Å². The highest BCUT2D eigenvalue weighted by molar-refractivity contribution is 4.63. The predicted molar refractivity (Wildman–Crippen MR) is 49.1 cm³/mol. The summed E-state index contributed by atoms with van der Waals surface area (Å²) in [4.78, 5) is 0. The van der Waals surface area contributed by atoms with E-state index in [4.69, 9.17) is 9.84 Å². The first-order valence-electron chi connectivity index (χ1n) is 5.05. The highest BCUT2D eigenvalue weighted by Crippen LogP contribution is 2.20. The lowest BCUT2D eigenvalue weighted by molar-refractivity contribution is 0.0618. The number of rotatable bonds is 4. The van der Waals surface area contributed by atoms with Gasteiger partial charge in [0.2, 0.25) is 0 Å². The summed E-state index contributed by atoms with van der Waals surface area (Å²) in [6.07, 6.45) is 5.72. The zero-order valence-electron chi connectivity index (χ0n) is 7.96. The summed E-state index contributed by atoms with van der Waals surface area (Å²) in [5, 5.41) is 9.06. The van der Waals surface area contributed by atoms with Crippen LogP contribution in [0.25, 0.3) is 0 Å². The van der Waals surface area contributed by atoms with E-state index in [-0.39, 0.29) is 6.10 Å². The van der Waals surface area contributed by atoms with E-state index in [9.17, 15) is 0 Å². The molecule has 1 rings (SSSR count). The monoisotopic (exact) mass is 172 g/mol. The van der Waals surface area contributed by atoms with Gasteiger partial charge in [0, 0.05) is 13.2 Å². The fraction of sp³-hybridized carbons (Fsp3) is 1.00. The molecule has 2 heteroatoms. The van der Waals surface area contributed by atoms with Gasteiger partial charge in [-0.3, -0.25) is 0 Å². The molecule has 0 saturated carbocycles. The summed E-state index contributed by atoms with van der Waals surface area (Å²) in [5.74, 6) is 0.859. The maximum absolute atomic E-state index is 9.06. The molecule has 0 aliphatic carbocycles. The van der Waals surface area contributed by atoms with Crippen LogP contribution in [0.5, 0.6) is 0 Å². The average molecular weight is 172 g/mol. The molecule has 12 heavy (non-hydrogen) atoms. The molecule has 1 saturated heterocycles. The smallest absolute Gasteiger partial charge is 0.0512 e. The summed E-state index contributed by atoms with van der Waals surface area (Å²) in [7, 11) is 0. The first-order valence-corrected chi connectivity index (χ1v) is 5.05. The molecule has 1 aliphatic heterocycles. The van der Waals surface area contributed by atoms with Crippen LogP contribution in [0.1, 0.15) is 39.0 Å². The van der Waals surface area contributed by atoms with Crippen LogP contribution in [0.3, 0.4) is 0 Å². The summed E-state index contributed by atoms with van der Waals surface area (Å²) < 4.78 is 5.28. The fourth-order valence-corrected chi connectivity index (χ4v) is 1.74. The zero-order chi connectivity index (χ0) is 8.81. The Bertz CT molecular complexity index is 106. The third kappa shape index (κ3) is 4.07. The summed E-state index contributed by atoms with van der Waals surface area (Å²) in [5.41, 5.74) is 0. The van der Waals surface area contributed by atoms with Crippen LogP contribution in [0.4, 0.5) is 0 Å². The minimum atomic E-state index is -0.121. The van der Waals surface area contributed by atoms with Gasteiger partial charge in [0.1, 0.15) is 0 Å². The van der Waals surface area contributed by atoms with Gasteiger partial charge in [-0.15, -0.1) is 0 Å². The molecule has 0 aromatic rings. The lowest BCUT2D eigenvalue weighted by Crippen LogP contribution is -2.15. The van der Waals surface area contributed by atoms with Gasteiger partial charge in [-0.1, -0.05) is 12.8 Å². The van der Waals surface area contributed by atoms with E-state index in [0.29, 0.717) is 0 Å². The molecular weight excluding hydrogens is 152 g/mol. The van der Waals surface area contributed by atoms with Gasteiger partial charge >= 0.3 is 0 Å². The van der Waals surface area contributed by atoms with Crippen LogP contribution in [-0.4, -0.2) is 24.4 Å². The zero-order valence-corrected chi connectivity index (χ0v) is 7.96. The maximum atomic E-state index is 9.06. The van der Waals surface area contributed by atoms with Crippen molar-refractivity contribution in [3.05, 3.63) is 0 Å². The van der Waals surface area contributed by atoms with E-state index >= 15 is 0 Å². The van der Waals surface area contributed by atoms with Crippen LogP contribution in [0.15, 0.2) is 0 Å². The highest BCUT2D eigenvalue weighted by atomic mass is 16.5. The van der Waals surface area contributed by atoms with Crippen molar-refractivity contribution in [3.63, 3.8) is 0 Å². The van der Waals surface area contributed by atoms with Crippen molar-refractivity contribution in [3.8, 4) is 0 Å². The lowest BCUT2D eigenvalue weighted by Gasteiger charge is -2.21. The summed E-state index contributed by atoms with van der Waals surface area (Å²) >= 11 is 0. The molecule has 1 unspecified atom stereocenters. The van der Waals surface area contributed by atoms with Crippen LogP contribution < -0.4 is 0 Å². The van der Waals surface area contributed by atoms with Crippen LogP contribution in [0.2, 0.25) is 0 Å². The van der Waals surface area contributed by atoms with Crippen molar-refractivity contribution in [1.82, 2.24) is 0 Å². The lowest BCUT2D eigenvalue weighted by atomic mass is 9.94. The standard InChI is InChI=1S/C10H20O2/c1-9(11)3-2-4-10-5-7-12-8-6-10/h9-11H,2-8H2,1H3. The second kappa shape index (κ2) is 5.55. The Kier molecular flexibility index (Phi) is 4.62. The van der Waals surface area contributed by atoms with Gasteiger partial charge in [0.05, 0.1) is 6.10 Å². The van der Waals surface area contributed by atoms with Gasteiger partial charge in [-0.2, -0.15) is 0 Å². The Balaban J connectivity index is 1.98. The van der Waals surface area contributed by atoms with E-state index in [1.807, 2.05) is 6.92 Å². The minimum Gasteiger partial charge on any atom is -0.393 e. The molecule has 0 amide bonds. The van der Waals surface area contributed by atoms with Gasteiger partial charge < -0.3 is 9.84 Å². The number of hydrogen-bond donors (Lipinski definition) is 1. The van der Waals surface area contributed by atoms with Gasteiger partial charge in [0.25, 0.3) is 0 Å². The third-order valence-electron chi connectivity index (χ3n) is 2.58. The van der Waals surface area contributed by atoms with Gasteiger partial charge in [-0.05, 0) is 32.1 Å². The largest absolute Gasteiger partial charge is 0.393 e. The van der Waals surface area contributed by atoms with Crippen LogP contribution >= 0.6 is 0 Å². The number of aliphatic hydroxyl groups excluding tert-OH is 1. The normalized spacial score (nSPS) is 22.5. The first-order chi connectivity index (χ1) is 5.79. The fourth-order valence-electron chi connectivity index (χ4n) is 1.74. The Hall–Kier alpha value is -0.0800. The Morgan fingerprint density at radius 3 is 2.67 bits per heavy atom. The second-order valence-corrected chi connectivity index (χ2v) is 3.84. The molecule has 1 heterocycles. The number of hydrogen-bond acceptors (Lipinski definition) is 2. The second-order valence-electron chi connectivity index (χ2n) is 3.84. The molecule has 2 nitrogen and oxygen atoms in total. The van der Waals surface area contributed by atoms with Crippen LogP contribution in [0, 0.1) is 5.92 Å². The van der Waals surface area contributed by atoms with Crippen molar-refractivity contribution in [2.45, 2.75) is 45.1 Å². The van der Waals surface area contributed by atoms with Crippen molar-refractivity contribution >= 4 is 0 Å². The molecular formula is C10H20O2. The first kappa shape index (κ1) is 10.0. The molecule has 0 spiro atoms. The van der Waals surface area contributed by atoms with Crippen LogP contribution in [-0.2, 0) is 4.74 Å². The molecule has 1 atom stereocenters. The SMILES string of the molecule is CC(O)CCCC1CCOCC1. The average Bonchev–Trinajstić information content (AvgIpc) is 2.05. The molecule has 0 aromatic heterocycles. The quantitative estimate of drug-likeness (QED) is 0.702. The van der Waals surface area contributed by atoms with Crippen molar-refractivity contribution in [2.75, 3.05) is 13.2 Å². The predicted octanol–water partition coefficient (Wildman–Crippen LogP) is 1.96. The van der Waals surface area contributed by atoms with Crippen molar-refractivity contribution < 1.29 is 9.84 Å². The highest BCUT2D eigenvalue weighted by Gasteiger charge is 2.13. The van der Waals surface area contributed by atoms with E-state index in [1.165, 1.54) is 25.7 Å². The molecule has 0 bridgehead atoms. The number of aliphatic hydroxyl groups is 1. The Morgan fingerprint density at radius 2 is 2.08 bits per heavy atom. The molecule has 1 aliphatic rings. The summed E-state index contributed by atoms with van der Waals surface area (Å²) in [6, 6.07) is 0. The van der Waals surface area contributed by atoms with Crippen molar-refractivity contribution in [1.29, 1.82) is 0 Å². The Labute approximate surface area is 74.9 Å². The molecule has 1 N–H and O–H groups in total. The number of ether oxygens (including phenoxy) is 1.